The van der Waals surface area contributed by atoms with Crippen LogP contribution in [0.15, 0.2) is 48.7 Å². The highest BCUT2D eigenvalue weighted by Crippen LogP contribution is 2.31. The minimum absolute atomic E-state index is 0.128. The molecule has 37 heavy (non-hydrogen) atoms. The Bertz CT molecular complexity index is 1310. The third kappa shape index (κ3) is 5.08. The molecular formula is C30H36N4O3. The van der Waals surface area contributed by atoms with Gasteiger partial charge in [0.15, 0.2) is 0 Å². The summed E-state index contributed by atoms with van der Waals surface area (Å²) in [6.07, 6.45) is 5.20. The summed E-state index contributed by atoms with van der Waals surface area (Å²) in [4.78, 5) is 22.0. The minimum atomic E-state index is -0.863. The second-order valence-electron chi connectivity index (χ2n) is 11.3. The molecule has 2 aromatic carbocycles. The van der Waals surface area contributed by atoms with Gasteiger partial charge in [-0.3, -0.25) is 14.7 Å². The summed E-state index contributed by atoms with van der Waals surface area (Å²) in [6, 6.07) is 14.5. The molecule has 2 saturated heterocycles. The molecule has 0 spiro atoms. The van der Waals surface area contributed by atoms with E-state index in [9.17, 15) is 9.90 Å². The fourth-order valence-corrected chi connectivity index (χ4v) is 5.90. The Hall–Kier alpha value is -3.00. The number of nitrogens with zero attached hydrogens (tertiary/aromatic N) is 3. The standard InChI is InChI=1S/C30H36N4O3/c1-30(2,36)23-6-5-20-13-24(32-15-21(20)12-23)18-33-11-9-27(19-33)37-26-7-8-28-22(14-26)17-34(29(28)35)25-4-3-10-31-16-25/h5-8,12-15,25,27,31,36H,3-4,9-11,16-19H2,1-2H3/t25?,27-/m0/s1. The van der Waals surface area contributed by atoms with Crippen molar-refractivity contribution < 1.29 is 14.6 Å². The fourth-order valence-electron chi connectivity index (χ4n) is 5.90. The smallest absolute Gasteiger partial charge is 0.254 e. The van der Waals surface area contributed by atoms with Crippen molar-refractivity contribution in [2.45, 2.75) is 63.9 Å². The van der Waals surface area contributed by atoms with E-state index in [1.807, 2.05) is 35.4 Å². The normalized spacial score (nSPS) is 22.6. The van der Waals surface area contributed by atoms with E-state index in [-0.39, 0.29) is 18.1 Å². The zero-order chi connectivity index (χ0) is 25.6. The van der Waals surface area contributed by atoms with Crippen LogP contribution in [0, 0.1) is 0 Å². The van der Waals surface area contributed by atoms with E-state index >= 15 is 0 Å². The van der Waals surface area contributed by atoms with Crippen LogP contribution in [0.5, 0.6) is 5.75 Å². The number of benzene rings is 2. The lowest BCUT2D eigenvalue weighted by atomic mass is 9.96. The Balaban J connectivity index is 1.07. The Morgan fingerprint density at radius 1 is 1.14 bits per heavy atom. The van der Waals surface area contributed by atoms with Gasteiger partial charge in [-0.05, 0) is 86.5 Å². The van der Waals surface area contributed by atoms with Crippen molar-refractivity contribution in [1.29, 1.82) is 0 Å². The third-order valence-corrected chi connectivity index (χ3v) is 8.02. The van der Waals surface area contributed by atoms with Crippen LogP contribution in [-0.4, -0.2) is 64.1 Å². The maximum atomic E-state index is 12.9. The quantitative estimate of drug-likeness (QED) is 0.536. The lowest BCUT2D eigenvalue weighted by Crippen LogP contribution is -2.46. The second kappa shape index (κ2) is 9.71. The number of likely N-dealkylation sites (tertiary alicyclic amines) is 1. The molecule has 194 valence electrons. The highest BCUT2D eigenvalue weighted by molar-refractivity contribution is 5.98. The molecule has 2 fully saturated rings. The molecular weight excluding hydrogens is 464 g/mol. The highest BCUT2D eigenvalue weighted by Gasteiger charge is 2.34. The van der Waals surface area contributed by atoms with Crippen molar-refractivity contribution in [1.82, 2.24) is 20.1 Å². The monoisotopic (exact) mass is 500 g/mol. The molecule has 3 aliphatic heterocycles. The van der Waals surface area contributed by atoms with Crippen molar-refractivity contribution in [3.8, 4) is 5.75 Å². The molecule has 7 nitrogen and oxygen atoms in total. The number of carbonyl (C=O) groups excluding carboxylic acids is 1. The number of aliphatic hydroxyl groups is 1. The van der Waals surface area contributed by atoms with Crippen LogP contribution in [0.3, 0.4) is 0 Å². The molecule has 1 amide bonds. The van der Waals surface area contributed by atoms with Gasteiger partial charge in [-0.1, -0.05) is 12.1 Å². The molecule has 3 aliphatic rings. The number of ether oxygens (including phenoxy) is 1. The molecule has 2 atom stereocenters. The van der Waals surface area contributed by atoms with Crippen molar-refractivity contribution >= 4 is 16.7 Å². The molecule has 6 rings (SSSR count). The average Bonchev–Trinajstić information content (AvgIpc) is 3.47. The molecule has 0 radical (unpaired) electrons. The van der Waals surface area contributed by atoms with Crippen LogP contribution in [0.1, 0.15) is 60.3 Å². The molecule has 1 aromatic heterocycles. The molecule has 1 unspecified atom stereocenters. The number of amides is 1. The van der Waals surface area contributed by atoms with Crippen molar-refractivity contribution in [2.75, 3.05) is 26.2 Å². The van der Waals surface area contributed by atoms with Gasteiger partial charge in [0.25, 0.3) is 5.91 Å². The Kier molecular flexibility index (Phi) is 6.39. The van der Waals surface area contributed by atoms with E-state index in [2.05, 4.69) is 33.4 Å². The molecule has 0 bridgehead atoms. The van der Waals surface area contributed by atoms with Crippen molar-refractivity contribution in [3.63, 3.8) is 0 Å². The predicted molar refractivity (Wildman–Crippen MR) is 144 cm³/mol. The maximum absolute atomic E-state index is 12.9. The van der Waals surface area contributed by atoms with Gasteiger partial charge in [-0.15, -0.1) is 0 Å². The number of hydrogen-bond acceptors (Lipinski definition) is 6. The van der Waals surface area contributed by atoms with Crippen LogP contribution in [0.4, 0.5) is 0 Å². The van der Waals surface area contributed by atoms with Gasteiger partial charge in [0.2, 0.25) is 0 Å². The number of aromatic nitrogens is 1. The first-order valence-corrected chi connectivity index (χ1v) is 13.5. The highest BCUT2D eigenvalue weighted by atomic mass is 16.5. The van der Waals surface area contributed by atoms with E-state index in [1.54, 1.807) is 13.8 Å². The summed E-state index contributed by atoms with van der Waals surface area (Å²) in [7, 11) is 0. The number of nitrogens with one attached hydrogen (secondary N) is 1. The maximum Gasteiger partial charge on any atom is 0.254 e. The first kappa shape index (κ1) is 24.3. The Labute approximate surface area is 218 Å². The van der Waals surface area contributed by atoms with Gasteiger partial charge in [0.1, 0.15) is 11.9 Å². The first-order chi connectivity index (χ1) is 17.8. The van der Waals surface area contributed by atoms with E-state index in [1.165, 1.54) is 0 Å². The molecule has 0 aliphatic carbocycles. The number of carbonyl (C=O) groups is 1. The van der Waals surface area contributed by atoms with E-state index in [0.717, 1.165) is 90.9 Å². The van der Waals surface area contributed by atoms with Gasteiger partial charge in [-0.25, -0.2) is 0 Å². The molecule has 7 heteroatoms. The Morgan fingerprint density at radius 3 is 2.84 bits per heavy atom. The van der Waals surface area contributed by atoms with Gasteiger partial charge < -0.3 is 20.1 Å². The number of rotatable bonds is 6. The number of hydrogen-bond donors (Lipinski definition) is 2. The molecule has 4 heterocycles. The predicted octanol–water partition coefficient (Wildman–Crippen LogP) is 3.82. The zero-order valence-corrected chi connectivity index (χ0v) is 21.7. The fraction of sp³-hybridized carbons (Fsp3) is 0.467. The summed E-state index contributed by atoms with van der Waals surface area (Å²) in [5.74, 6) is 1.01. The van der Waals surface area contributed by atoms with E-state index in [0.29, 0.717) is 6.54 Å². The summed E-state index contributed by atoms with van der Waals surface area (Å²) in [5, 5.41) is 15.9. The van der Waals surface area contributed by atoms with Gasteiger partial charge in [-0.2, -0.15) is 0 Å². The van der Waals surface area contributed by atoms with Gasteiger partial charge >= 0.3 is 0 Å². The van der Waals surface area contributed by atoms with Crippen LogP contribution in [0.2, 0.25) is 0 Å². The van der Waals surface area contributed by atoms with Crippen molar-refractivity contribution in [3.05, 3.63) is 71.0 Å². The first-order valence-electron chi connectivity index (χ1n) is 13.5. The third-order valence-electron chi connectivity index (χ3n) is 8.02. The molecule has 2 N–H and O–H groups in total. The molecule has 0 saturated carbocycles. The summed E-state index contributed by atoms with van der Waals surface area (Å²) in [6.45, 7) is 8.81. The lowest BCUT2D eigenvalue weighted by Gasteiger charge is -2.31. The van der Waals surface area contributed by atoms with Gasteiger partial charge in [0, 0.05) is 55.9 Å². The number of pyridine rings is 1. The minimum Gasteiger partial charge on any atom is -0.489 e. The largest absolute Gasteiger partial charge is 0.489 e. The molecule has 3 aromatic rings. The van der Waals surface area contributed by atoms with Crippen LogP contribution in [-0.2, 0) is 18.7 Å². The van der Waals surface area contributed by atoms with Crippen LogP contribution < -0.4 is 10.1 Å². The van der Waals surface area contributed by atoms with E-state index < -0.39 is 5.60 Å². The SMILES string of the molecule is CC(C)(O)c1ccc2cc(CN3CC[C@H](Oc4ccc5c(c4)CN(C4CCCNC4)C5=O)C3)ncc2c1. The van der Waals surface area contributed by atoms with E-state index in [4.69, 9.17) is 4.74 Å². The lowest BCUT2D eigenvalue weighted by molar-refractivity contribution is 0.0674. The Morgan fingerprint density at radius 2 is 2.03 bits per heavy atom. The summed E-state index contributed by atoms with van der Waals surface area (Å²) >= 11 is 0. The zero-order valence-electron chi connectivity index (χ0n) is 21.7. The average molecular weight is 501 g/mol. The second-order valence-corrected chi connectivity index (χ2v) is 11.3. The topological polar surface area (TPSA) is 77.9 Å². The van der Waals surface area contributed by atoms with Gasteiger partial charge in [0.05, 0.1) is 11.3 Å². The number of fused-ring (bicyclic) bond motifs is 2. The summed E-state index contributed by atoms with van der Waals surface area (Å²) < 4.78 is 6.37. The van der Waals surface area contributed by atoms with Crippen molar-refractivity contribution in [2.24, 2.45) is 0 Å². The van der Waals surface area contributed by atoms with Crippen LogP contribution in [0.25, 0.3) is 10.8 Å². The number of piperidine rings is 1. The summed E-state index contributed by atoms with van der Waals surface area (Å²) in [5.41, 5.74) is 2.97. The van der Waals surface area contributed by atoms with Crippen LogP contribution >= 0.6 is 0 Å².